The highest BCUT2D eigenvalue weighted by Gasteiger charge is 2.57. The van der Waals surface area contributed by atoms with Crippen LogP contribution >= 0.6 is 0 Å². The van der Waals surface area contributed by atoms with Crippen molar-refractivity contribution in [3.63, 3.8) is 0 Å². The molecule has 0 spiro atoms. The highest BCUT2D eigenvalue weighted by atomic mass is 16.8. The lowest BCUT2D eigenvalue weighted by molar-refractivity contribution is -0.374. The highest BCUT2D eigenvalue weighted by Crippen LogP contribution is 2.38. The summed E-state index contributed by atoms with van der Waals surface area (Å²) in [6, 6.07) is -1.14. The molecule has 82 heavy (non-hydrogen) atoms. The SMILES string of the molecule is COCC1OC(NC(=O)CNC(=O)C2=CN([C@@H]3C(C)O[C@@H](O[C@H]4C(COC)O[C@@H](OC)C(OC)[C@@H]4OC)C(OC)[C@@H]3OC)NN2)C(OC)[C@H](OC)[C@H]1O[C@@H]1OC(COC)[C@H](O[C@@H]2OC(C)[C@@H](NC(C)=O)[C@@H](OC)C2OC)[C@@H](OC)C1OC. The largest absolute Gasteiger partial charge is 0.382 e. The second kappa shape index (κ2) is 32.5. The molecule has 6 aliphatic rings. The van der Waals surface area contributed by atoms with Gasteiger partial charge in [0.15, 0.2) is 31.4 Å². The summed E-state index contributed by atoms with van der Waals surface area (Å²) in [4.78, 5) is 39.5. The van der Waals surface area contributed by atoms with E-state index in [0.29, 0.717) is 0 Å². The summed E-state index contributed by atoms with van der Waals surface area (Å²) in [5, 5.41) is 9.97. The number of hydrogen-bond acceptors (Lipinski definition) is 28. The third-order valence-corrected chi connectivity index (χ3v) is 15.4. The number of hydrogen-bond donors (Lipinski definition) is 5. The molecule has 0 aromatic heterocycles. The summed E-state index contributed by atoms with van der Waals surface area (Å²) in [5.41, 5.74) is 5.93. The van der Waals surface area contributed by atoms with Gasteiger partial charge in [-0.2, -0.15) is 0 Å². The summed E-state index contributed by atoms with van der Waals surface area (Å²) in [5.74, 6) is -1.52. The monoisotopic (exact) mass is 1190 g/mol. The number of amides is 3. The van der Waals surface area contributed by atoms with Crippen molar-refractivity contribution in [2.75, 3.05) is 126 Å². The van der Waals surface area contributed by atoms with E-state index in [4.69, 9.17) is 104 Å². The Hall–Kier alpha value is -3.17. The molecule has 31 heteroatoms. The predicted molar refractivity (Wildman–Crippen MR) is 279 cm³/mol. The highest BCUT2D eigenvalue weighted by molar-refractivity contribution is 5.95. The van der Waals surface area contributed by atoms with Gasteiger partial charge in [-0.05, 0) is 13.8 Å². The van der Waals surface area contributed by atoms with Crippen LogP contribution < -0.4 is 26.9 Å². The van der Waals surface area contributed by atoms with E-state index in [-0.39, 0.29) is 31.4 Å². The van der Waals surface area contributed by atoms with E-state index >= 15 is 0 Å². The normalized spacial score (nSPS) is 40.7. The Morgan fingerprint density at radius 2 is 0.890 bits per heavy atom. The van der Waals surface area contributed by atoms with Gasteiger partial charge in [-0.25, -0.2) is 0 Å². The van der Waals surface area contributed by atoms with Crippen LogP contribution in [0.15, 0.2) is 11.9 Å². The van der Waals surface area contributed by atoms with Crippen LogP contribution in [0.25, 0.3) is 0 Å². The average Bonchev–Trinajstić information content (AvgIpc) is 4.03. The molecule has 5 saturated heterocycles. The lowest BCUT2D eigenvalue weighted by Crippen LogP contribution is -2.69. The van der Waals surface area contributed by atoms with Crippen LogP contribution in [0.3, 0.4) is 0 Å². The van der Waals surface area contributed by atoms with Crippen molar-refractivity contribution in [2.45, 2.75) is 174 Å². The molecule has 0 aromatic carbocycles. The number of carbonyl (C=O) groups excluding carboxylic acids is 3. The van der Waals surface area contributed by atoms with Gasteiger partial charge in [-0.15, -0.1) is 5.53 Å². The van der Waals surface area contributed by atoms with E-state index in [0.717, 1.165) is 0 Å². The number of nitrogens with zero attached hydrogens (tertiary/aromatic N) is 1. The maximum absolute atomic E-state index is 13.7. The van der Waals surface area contributed by atoms with Crippen LogP contribution in [-0.4, -0.2) is 302 Å². The molecule has 0 bridgehead atoms. The Balaban J connectivity index is 1.10. The first kappa shape index (κ1) is 67.9. The van der Waals surface area contributed by atoms with Gasteiger partial charge in [0.2, 0.25) is 11.8 Å². The third-order valence-electron chi connectivity index (χ3n) is 15.4. The molecule has 0 aliphatic carbocycles. The second-order valence-electron chi connectivity index (χ2n) is 20.2. The van der Waals surface area contributed by atoms with E-state index in [1.807, 2.05) is 6.92 Å². The zero-order chi connectivity index (χ0) is 59.9. The van der Waals surface area contributed by atoms with Gasteiger partial charge in [0.1, 0.15) is 109 Å². The maximum atomic E-state index is 13.7. The number of nitrogens with one attached hydrogen (secondary N) is 5. The molecule has 25 atom stereocenters. The molecule has 31 nitrogen and oxygen atoms in total. The molecule has 0 saturated carbocycles. The van der Waals surface area contributed by atoms with Crippen LogP contribution in [0, 0.1) is 0 Å². The number of ether oxygens (including phenoxy) is 22. The smallest absolute Gasteiger partial charge is 0.270 e. The lowest BCUT2D eigenvalue weighted by atomic mass is 9.94. The second-order valence-corrected chi connectivity index (χ2v) is 20.2. The summed E-state index contributed by atoms with van der Waals surface area (Å²) >= 11 is 0. The van der Waals surface area contributed by atoms with Crippen molar-refractivity contribution < 1.29 is 119 Å². The minimum Gasteiger partial charge on any atom is -0.382 e. The number of rotatable bonds is 29. The summed E-state index contributed by atoms with van der Waals surface area (Å²) in [6.45, 7) is 4.67. The zero-order valence-electron chi connectivity index (χ0n) is 50.0. The molecule has 3 amide bonds. The van der Waals surface area contributed by atoms with E-state index < -0.39 is 172 Å². The van der Waals surface area contributed by atoms with Gasteiger partial charge in [0.05, 0.1) is 44.6 Å². The molecule has 0 aromatic rings. The van der Waals surface area contributed by atoms with Crippen LogP contribution in [0.1, 0.15) is 20.8 Å². The first-order chi connectivity index (χ1) is 39.5. The minimum atomic E-state index is -1.17. The van der Waals surface area contributed by atoms with Crippen molar-refractivity contribution in [3.05, 3.63) is 11.9 Å². The van der Waals surface area contributed by atoms with Crippen molar-refractivity contribution in [2.24, 2.45) is 0 Å². The standard InChI is InChI=1S/C51H90N6O25/c1-23-31(53-25(3)58)36(64-7)42(70-13)49(75-23)80-35-29(22-63-6)79-51(45(73-16)40(35)68-11)82-33-27(20-61-4)77-47(41(69-12)38(33)66-9)54-30(59)18-52-46(60)26-19-57(56-55-26)32-24(2)76-50(43(71-14)37(32)65-8)81-34-28(21-62-5)78-48(74-17)44(72-15)39(34)67-10/h19,23-24,27-29,31-45,47-51,55-56H,18,20-22H2,1-17H3,(H,52,60)(H,53,58)(H,54,59)/t23?,24?,27?,28?,29?,31-,32-,33+,34+,35+,36-,37-,38-,39-,40-,41?,42?,43?,44?,45?,47?,48-,49+,50+,51+/m1/s1. The first-order valence-electron chi connectivity index (χ1n) is 26.9. The van der Waals surface area contributed by atoms with Gasteiger partial charge in [0, 0.05) is 113 Å². The van der Waals surface area contributed by atoms with E-state index in [2.05, 4.69) is 26.9 Å². The molecule has 6 aliphatic heterocycles. The Labute approximate surface area is 479 Å². The molecule has 0 radical (unpaired) electrons. The molecule has 5 N–H and O–H groups in total. The van der Waals surface area contributed by atoms with Gasteiger partial charge in [-0.1, -0.05) is 0 Å². The Morgan fingerprint density at radius 1 is 0.476 bits per heavy atom. The number of methoxy groups -OCH3 is 14. The lowest BCUT2D eigenvalue weighted by Gasteiger charge is -2.51. The van der Waals surface area contributed by atoms with E-state index in [9.17, 15) is 14.4 Å². The van der Waals surface area contributed by atoms with E-state index in [1.165, 1.54) is 106 Å². The van der Waals surface area contributed by atoms with Crippen LogP contribution in [-0.2, 0) is 119 Å². The molecule has 6 heterocycles. The van der Waals surface area contributed by atoms with Crippen molar-refractivity contribution >= 4 is 17.7 Å². The fourth-order valence-electron chi connectivity index (χ4n) is 11.6. The van der Waals surface area contributed by atoms with Crippen LogP contribution in [0.4, 0.5) is 0 Å². The number of hydrazine groups is 2. The van der Waals surface area contributed by atoms with Gasteiger partial charge >= 0.3 is 0 Å². The van der Waals surface area contributed by atoms with Crippen molar-refractivity contribution in [1.29, 1.82) is 0 Å². The van der Waals surface area contributed by atoms with Crippen LogP contribution in [0.2, 0.25) is 0 Å². The Morgan fingerprint density at radius 3 is 1.35 bits per heavy atom. The summed E-state index contributed by atoms with van der Waals surface area (Å²) < 4.78 is 134. The molecular formula is C51H90N6O25. The molecule has 6 rings (SSSR count). The quantitative estimate of drug-likeness (QED) is 0.0493. The Bertz CT molecular complexity index is 1990. The van der Waals surface area contributed by atoms with Gasteiger partial charge < -0.3 is 120 Å². The minimum absolute atomic E-state index is 0.0122. The molecule has 11 unspecified atom stereocenters. The zero-order valence-corrected chi connectivity index (χ0v) is 50.0. The third kappa shape index (κ3) is 15.3. The first-order valence-corrected chi connectivity index (χ1v) is 26.9. The average molecular weight is 1190 g/mol. The summed E-state index contributed by atoms with van der Waals surface area (Å²) in [7, 11) is 21.0. The molecule has 474 valence electrons. The molecular weight excluding hydrogens is 1100 g/mol. The van der Waals surface area contributed by atoms with E-state index in [1.54, 1.807) is 19.0 Å². The number of carbonyl (C=O) groups is 3. The van der Waals surface area contributed by atoms with Gasteiger partial charge in [0.25, 0.3) is 5.91 Å². The fourth-order valence-corrected chi connectivity index (χ4v) is 11.6. The summed E-state index contributed by atoms with van der Waals surface area (Å²) in [6.07, 6.45) is -17.7. The van der Waals surface area contributed by atoms with Crippen molar-refractivity contribution in [1.82, 2.24) is 31.9 Å². The predicted octanol–water partition coefficient (Wildman–Crippen LogP) is -3.19. The van der Waals surface area contributed by atoms with Gasteiger partial charge in [-0.3, -0.25) is 24.8 Å². The molecule has 5 fully saturated rings. The Kier molecular flexibility index (Phi) is 27.0. The maximum Gasteiger partial charge on any atom is 0.270 e. The van der Waals surface area contributed by atoms with Crippen molar-refractivity contribution in [3.8, 4) is 0 Å². The topological polar surface area (TPSA) is 318 Å². The fraction of sp³-hybridized carbons (Fsp3) is 0.902. The van der Waals surface area contributed by atoms with Crippen LogP contribution in [0.5, 0.6) is 0 Å².